The summed E-state index contributed by atoms with van der Waals surface area (Å²) in [6.07, 6.45) is 2.33. The van der Waals surface area contributed by atoms with Crippen LogP contribution in [0.1, 0.15) is 39.5 Å². The normalized spacial score (nSPS) is 37.0. The molecule has 158 valence electrons. The van der Waals surface area contributed by atoms with Crippen LogP contribution in [0.25, 0.3) is 0 Å². The maximum Gasteiger partial charge on any atom is 0.319 e. The number of carbonyl (C=O) groups excluding carboxylic acids is 1. The van der Waals surface area contributed by atoms with Crippen LogP contribution in [0.15, 0.2) is 30.3 Å². The standard InChI is InChI=1S/C21H28N2O6/c1-20(2)28-17-15(23-19(24)22-13-8-4-3-5-9-13)16(26-18(17)29-20)14-12-25-21(27-14)10-6-7-11-21/h3-5,8-9,14-18H,6-7,10-12H2,1-2H3,(H2,22,23,24)/t14-,15+,16-,17-,18-/m1/s1. The monoisotopic (exact) mass is 404 g/mol. The number of benzene rings is 1. The number of rotatable bonds is 3. The maximum atomic E-state index is 12.7. The minimum Gasteiger partial charge on any atom is -0.347 e. The largest absolute Gasteiger partial charge is 0.347 e. The molecule has 5 rings (SSSR count). The summed E-state index contributed by atoms with van der Waals surface area (Å²) < 4.78 is 30.5. The number of urea groups is 1. The molecule has 5 atom stereocenters. The Hall–Kier alpha value is -1.71. The predicted molar refractivity (Wildman–Crippen MR) is 103 cm³/mol. The minimum absolute atomic E-state index is 0.281. The van der Waals surface area contributed by atoms with Gasteiger partial charge in [0.05, 0.1) is 12.6 Å². The summed E-state index contributed by atoms with van der Waals surface area (Å²) in [5.41, 5.74) is 0.714. The van der Waals surface area contributed by atoms with Crippen LogP contribution in [0.2, 0.25) is 0 Å². The SMILES string of the molecule is CC1(C)O[C@H]2O[C@H]([C@H]3COC4(CCCC4)O3)[C@H](NC(=O)Nc3ccccc3)[C@H]2O1. The number of fused-ring (bicyclic) bond motifs is 1. The van der Waals surface area contributed by atoms with Gasteiger partial charge in [-0.25, -0.2) is 4.79 Å². The summed E-state index contributed by atoms with van der Waals surface area (Å²) in [5, 5.41) is 5.88. The van der Waals surface area contributed by atoms with E-state index in [0.29, 0.717) is 12.3 Å². The molecule has 1 aromatic rings. The molecule has 2 N–H and O–H groups in total. The topological polar surface area (TPSA) is 87.3 Å². The lowest BCUT2D eigenvalue weighted by atomic mass is 10.0. The molecule has 0 aromatic heterocycles. The van der Waals surface area contributed by atoms with E-state index >= 15 is 0 Å². The van der Waals surface area contributed by atoms with Gasteiger partial charge >= 0.3 is 6.03 Å². The molecule has 1 saturated carbocycles. The molecule has 1 aromatic carbocycles. The van der Waals surface area contributed by atoms with Crippen LogP contribution in [0, 0.1) is 0 Å². The maximum absolute atomic E-state index is 12.7. The molecule has 3 aliphatic heterocycles. The Labute approximate surface area is 170 Å². The number of ether oxygens (including phenoxy) is 5. The van der Waals surface area contributed by atoms with Crippen LogP contribution in [-0.4, -0.2) is 54.9 Å². The second-order valence-electron chi connectivity index (χ2n) is 8.64. The molecule has 4 aliphatic rings. The Morgan fingerprint density at radius 1 is 1.03 bits per heavy atom. The number of carbonyl (C=O) groups is 1. The third-order valence-electron chi connectivity index (χ3n) is 6.03. The van der Waals surface area contributed by atoms with E-state index in [-0.39, 0.29) is 12.1 Å². The van der Waals surface area contributed by atoms with Crippen molar-refractivity contribution in [3.05, 3.63) is 30.3 Å². The first-order valence-corrected chi connectivity index (χ1v) is 10.4. The second kappa shape index (κ2) is 7.21. The van der Waals surface area contributed by atoms with Crippen molar-refractivity contribution < 1.29 is 28.5 Å². The Balaban J connectivity index is 1.31. The zero-order valence-electron chi connectivity index (χ0n) is 16.8. The number of hydrogen-bond donors (Lipinski definition) is 2. The molecule has 29 heavy (non-hydrogen) atoms. The number of amides is 2. The van der Waals surface area contributed by atoms with Crippen LogP contribution in [0.3, 0.4) is 0 Å². The molecule has 0 radical (unpaired) electrons. The van der Waals surface area contributed by atoms with Crippen molar-refractivity contribution in [2.45, 2.75) is 81.7 Å². The molecule has 8 heteroatoms. The summed E-state index contributed by atoms with van der Waals surface area (Å²) in [5.74, 6) is -1.26. The van der Waals surface area contributed by atoms with Crippen LogP contribution in [0.4, 0.5) is 10.5 Å². The highest BCUT2D eigenvalue weighted by Gasteiger charge is 2.59. The first kappa shape index (κ1) is 19.3. The van der Waals surface area contributed by atoms with Crippen molar-refractivity contribution in [3.63, 3.8) is 0 Å². The Bertz CT molecular complexity index is 751. The van der Waals surface area contributed by atoms with E-state index in [2.05, 4.69) is 10.6 Å². The van der Waals surface area contributed by atoms with E-state index in [1.54, 1.807) is 0 Å². The van der Waals surface area contributed by atoms with Crippen LogP contribution in [-0.2, 0) is 23.7 Å². The van der Waals surface area contributed by atoms with E-state index in [1.165, 1.54) is 0 Å². The van der Waals surface area contributed by atoms with Gasteiger partial charge in [0, 0.05) is 18.5 Å². The van der Waals surface area contributed by atoms with Crippen molar-refractivity contribution in [1.82, 2.24) is 5.32 Å². The van der Waals surface area contributed by atoms with Crippen LogP contribution < -0.4 is 10.6 Å². The van der Waals surface area contributed by atoms with Crippen molar-refractivity contribution >= 4 is 11.7 Å². The van der Waals surface area contributed by atoms with E-state index < -0.39 is 36.1 Å². The van der Waals surface area contributed by atoms with Gasteiger partial charge in [0.15, 0.2) is 17.9 Å². The molecule has 0 unspecified atom stereocenters. The van der Waals surface area contributed by atoms with Gasteiger partial charge in [0.25, 0.3) is 0 Å². The van der Waals surface area contributed by atoms with Gasteiger partial charge in [-0.3, -0.25) is 0 Å². The summed E-state index contributed by atoms with van der Waals surface area (Å²) in [6.45, 7) is 4.12. The molecule has 3 saturated heterocycles. The van der Waals surface area contributed by atoms with Crippen molar-refractivity contribution in [2.24, 2.45) is 0 Å². The molecule has 2 amide bonds. The summed E-state index contributed by atoms with van der Waals surface area (Å²) in [7, 11) is 0. The van der Waals surface area contributed by atoms with Gasteiger partial charge < -0.3 is 34.3 Å². The highest BCUT2D eigenvalue weighted by molar-refractivity contribution is 5.89. The zero-order chi connectivity index (χ0) is 20.1. The van der Waals surface area contributed by atoms with Gasteiger partial charge in [0.2, 0.25) is 0 Å². The lowest BCUT2D eigenvalue weighted by Crippen LogP contribution is -2.53. The number of hydrogen-bond acceptors (Lipinski definition) is 6. The lowest BCUT2D eigenvalue weighted by Gasteiger charge is -2.30. The zero-order valence-corrected chi connectivity index (χ0v) is 16.8. The predicted octanol–water partition coefficient (Wildman–Crippen LogP) is 2.74. The number of nitrogens with one attached hydrogen (secondary N) is 2. The van der Waals surface area contributed by atoms with Gasteiger partial charge in [-0.05, 0) is 38.8 Å². The van der Waals surface area contributed by atoms with Gasteiger partial charge in [0.1, 0.15) is 18.3 Å². The third-order valence-corrected chi connectivity index (χ3v) is 6.03. The van der Waals surface area contributed by atoms with E-state index in [0.717, 1.165) is 25.7 Å². The second-order valence-corrected chi connectivity index (χ2v) is 8.64. The van der Waals surface area contributed by atoms with Crippen LogP contribution in [0.5, 0.6) is 0 Å². The summed E-state index contributed by atoms with van der Waals surface area (Å²) in [4.78, 5) is 12.7. The number of para-hydroxylation sites is 1. The summed E-state index contributed by atoms with van der Waals surface area (Å²) >= 11 is 0. The Morgan fingerprint density at radius 3 is 2.55 bits per heavy atom. The van der Waals surface area contributed by atoms with Crippen LogP contribution >= 0.6 is 0 Å². The van der Waals surface area contributed by atoms with Gasteiger partial charge in [-0.1, -0.05) is 18.2 Å². The molecular weight excluding hydrogens is 376 g/mol. The van der Waals surface area contributed by atoms with E-state index in [4.69, 9.17) is 23.7 Å². The lowest BCUT2D eigenvalue weighted by molar-refractivity contribution is -0.226. The number of anilines is 1. The molecule has 1 spiro atoms. The molecule has 4 fully saturated rings. The Kier molecular flexibility index (Phi) is 4.79. The quantitative estimate of drug-likeness (QED) is 0.806. The van der Waals surface area contributed by atoms with Gasteiger partial charge in [-0.15, -0.1) is 0 Å². The highest BCUT2D eigenvalue weighted by Crippen LogP contribution is 2.44. The third kappa shape index (κ3) is 3.75. The first-order valence-electron chi connectivity index (χ1n) is 10.4. The average Bonchev–Trinajstić information content (AvgIpc) is 3.43. The fourth-order valence-electron chi connectivity index (χ4n) is 4.77. The highest BCUT2D eigenvalue weighted by atomic mass is 16.8. The smallest absolute Gasteiger partial charge is 0.319 e. The molecule has 1 aliphatic carbocycles. The van der Waals surface area contributed by atoms with Crippen molar-refractivity contribution in [2.75, 3.05) is 11.9 Å². The Morgan fingerprint density at radius 2 is 1.79 bits per heavy atom. The molecule has 8 nitrogen and oxygen atoms in total. The molecule has 3 heterocycles. The van der Waals surface area contributed by atoms with Gasteiger partial charge in [-0.2, -0.15) is 0 Å². The molecule has 0 bridgehead atoms. The minimum atomic E-state index is -0.768. The first-order chi connectivity index (χ1) is 13.9. The van der Waals surface area contributed by atoms with E-state index in [9.17, 15) is 4.79 Å². The van der Waals surface area contributed by atoms with E-state index in [1.807, 2.05) is 44.2 Å². The average molecular weight is 404 g/mol. The fourth-order valence-corrected chi connectivity index (χ4v) is 4.77. The summed E-state index contributed by atoms with van der Waals surface area (Å²) in [6, 6.07) is 8.57. The van der Waals surface area contributed by atoms with Crippen molar-refractivity contribution in [3.8, 4) is 0 Å². The van der Waals surface area contributed by atoms with Crippen molar-refractivity contribution in [1.29, 1.82) is 0 Å². The molecular formula is C21H28N2O6. The fraction of sp³-hybridized carbons (Fsp3) is 0.667.